The molecule has 1 aromatic carbocycles. The van der Waals surface area contributed by atoms with E-state index >= 15 is 0 Å². The van der Waals surface area contributed by atoms with Crippen LogP contribution in [0.2, 0.25) is 0 Å². The maximum atomic E-state index is 10.6. The number of aliphatic hydroxyl groups is 1. The summed E-state index contributed by atoms with van der Waals surface area (Å²) in [7, 11) is 2.18. The van der Waals surface area contributed by atoms with Gasteiger partial charge < -0.3 is 20.6 Å². The van der Waals surface area contributed by atoms with Crippen LogP contribution in [0.15, 0.2) is 29.3 Å². The molecule has 1 fully saturated rings. The Labute approximate surface area is 200 Å². The molecule has 30 heavy (non-hydrogen) atoms. The van der Waals surface area contributed by atoms with Crippen LogP contribution in [-0.2, 0) is 5.41 Å². The van der Waals surface area contributed by atoms with Crippen LogP contribution in [0.5, 0.6) is 0 Å². The zero-order valence-electron chi connectivity index (χ0n) is 19.6. The van der Waals surface area contributed by atoms with Gasteiger partial charge in [0.05, 0.1) is 12.6 Å². The Morgan fingerprint density at radius 1 is 1.10 bits per heavy atom. The molecule has 1 aromatic rings. The van der Waals surface area contributed by atoms with Crippen molar-refractivity contribution >= 4 is 29.9 Å². The minimum absolute atomic E-state index is 0. The average Bonchev–Trinajstić information content (AvgIpc) is 2.69. The number of aliphatic imine (C=N–C) groups is 1. The van der Waals surface area contributed by atoms with E-state index in [0.29, 0.717) is 12.6 Å². The van der Waals surface area contributed by atoms with Crippen LogP contribution in [0.3, 0.4) is 0 Å². The molecule has 2 atom stereocenters. The minimum Gasteiger partial charge on any atom is -0.387 e. The van der Waals surface area contributed by atoms with Crippen molar-refractivity contribution in [3.63, 3.8) is 0 Å². The highest BCUT2D eigenvalue weighted by molar-refractivity contribution is 14.0. The third kappa shape index (κ3) is 8.69. The van der Waals surface area contributed by atoms with Crippen LogP contribution in [0.25, 0.3) is 0 Å². The van der Waals surface area contributed by atoms with E-state index in [4.69, 9.17) is 4.99 Å². The summed E-state index contributed by atoms with van der Waals surface area (Å²) in [6, 6.07) is 8.67. The number of nitrogens with one attached hydrogen (secondary N) is 2. The van der Waals surface area contributed by atoms with E-state index in [1.54, 1.807) is 0 Å². The lowest BCUT2D eigenvalue weighted by Crippen LogP contribution is -2.49. The number of nitrogens with zero attached hydrogens (tertiary/aromatic N) is 3. The van der Waals surface area contributed by atoms with Gasteiger partial charge in [0, 0.05) is 45.3 Å². The molecule has 0 aromatic heterocycles. The Balaban J connectivity index is 0.00000450. The van der Waals surface area contributed by atoms with Crippen LogP contribution < -0.4 is 10.6 Å². The number of hydrogen-bond donors (Lipinski definition) is 3. The Morgan fingerprint density at radius 2 is 1.70 bits per heavy atom. The fourth-order valence-electron chi connectivity index (χ4n) is 3.46. The van der Waals surface area contributed by atoms with Crippen molar-refractivity contribution in [3.8, 4) is 0 Å². The highest BCUT2D eigenvalue weighted by atomic mass is 127. The van der Waals surface area contributed by atoms with Crippen molar-refractivity contribution in [2.45, 2.75) is 52.2 Å². The van der Waals surface area contributed by atoms with Crippen molar-refractivity contribution in [3.05, 3.63) is 35.4 Å². The van der Waals surface area contributed by atoms with E-state index in [9.17, 15) is 5.11 Å². The molecule has 0 radical (unpaired) electrons. The molecule has 0 saturated carbocycles. The first-order valence-electron chi connectivity index (χ1n) is 10.9. The molecule has 2 rings (SSSR count). The van der Waals surface area contributed by atoms with Gasteiger partial charge in [-0.1, -0.05) is 45.0 Å². The molecule has 1 aliphatic heterocycles. The fourth-order valence-corrected chi connectivity index (χ4v) is 3.46. The molecule has 1 aliphatic rings. The van der Waals surface area contributed by atoms with Gasteiger partial charge in [-0.15, -0.1) is 24.0 Å². The molecule has 0 spiro atoms. The van der Waals surface area contributed by atoms with Crippen molar-refractivity contribution < 1.29 is 5.11 Å². The third-order valence-electron chi connectivity index (χ3n) is 5.64. The first kappa shape index (κ1) is 27.1. The molecule has 0 aliphatic carbocycles. The van der Waals surface area contributed by atoms with Crippen molar-refractivity contribution in [1.82, 2.24) is 20.4 Å². The predicted molar refractivity (Wildman–Crippen MR) is 138 cm³/mol. The maximum absolute atomic E-state index is 10.6. The van der Waals surface area contributed by atoms with Gasteiger partial charge in [-0.05, 0) is 37.4 Å². The van der Waals surface area contributed by atoms with Gasteiger partial charge in [0.2, 0.25) is 0 Å². The Bertz CT molecular complexity index is 636. The van der Waals surface area contributed by atoms with E-state index in [1.807, 2.05) is 12.1 Å². The quantitative estimate of drug-likeness (QED) is 0.287. The summed E-state index contributed by atoms with van der Waals surface area (Å²) in [6.45, 7) is 17.3. The topological polar surface area (TPSA) is 63.1 Å². The maximum Gasteiger partial charge on any atom is 0.191 e. The lowest BCUT2D eigenvalue weighted by Gasteiger charge is -2.35. The number of likely N-dealkylation sites (N-methyl/N-ethyl adjacent to an activating group) is 1. The van der Waals surface area contributed by atoms with Crippen LogP contribution in [-0.4, -0.2) is 79.8 Å². The summed E-state index contributed by atoms with van der Waals surface area (Å²) in [4.78, 5) is 9.61. The SMILES string of the molecule is CCNC(=NCC(C)N1CCN(C)CC1)NCC(O)c1ccc(C(C)(C)C)cc1.I. The number of hydrogen-bond acceptors (Lipinski definition) is 4. The van der Waals surface area contributed by atoms with Gasteiger partial charge in [0.1, 0.15) is 0 Å². The van der Waals surface area contributed by atoms with Gasteiger partial charge >= 0.3 is 0 Å². The standard InChI is InChI=1S/C23H41N5O.HI/c1-7-24-22(25-16-18(2)28-14-12-27(6)13-15-28)26-17-21(29)19-8-10-20(11-9-19)23(3,4)5;/h8-11,18,21,29H,7,12-17H2,1-6H3,(H2,24,25,26);1H. The fraction of sp³-hybridized carbons (Fsp3) is 0.696. The Hall–Kier alpha value is -0.900. The van der Waals surface area contributed by atoms with Gasteiger partial charge in [-0.3, -0.25) is 9.89 Å². The summed E-state index contributed by atoms with van der Waals surface area (Å²) >= 11 is 0. The molecule has 3 N–H and O–H groups in total. The normalized spacial score (nSPS) is 18.4. The molecule has 0 amide bonds. The molecule has 172 valence electrons. The van der Waals surface area contributed by atoms with Crippen molar-refractivity contribution in [2.75, 3.05) is 52.9 Å². The zero-order valence-corrected chi connectivity index (χ0v) is 21.9. The molecule has 1 saturated heterocycles. The first-order valence-corrected chi connectivity index (χ1v) is 10.9. The highest BCUT2D eigenvalue weighted by Gasteiger charge is 2.19. The van der Waals surface area contributed by atoms with E-state index < -0.39 is 6.10 Å². The largest absolute Gasteiger partial charge is 0.387 e. The minimum atomic E-state index is -0.567. The number of aliphatic hydroxyl groups excluding tert-OH is 1. The summed E-state index contributed by atoms with van der Waals surface area (Å²) < 4.78 is 0. The second kappa shape index (κ2) is 12.8. The van der Waals surface area contributed by atoms with Gasteiger partial charge in [0.25, 0.3) is 0 Å². The van der Waals surface area contributed by atoms with Gasteiger partial charge in [-0.2, -0.15) is 0 Å². The summed E-state index contributed by atoms with van der Waals surface area (Å²) in [5, 5.41) is 17.2. The summed E-state index contributed by atoms with van der Waals surface area (Å²) in [6.07, 6.45) is -0.567. The van der Waals surface area contributed by atoms with Gasteiger partial charge in [-0.25, -0.2) is 0 Å². The average molecular weight is 532 g/mol. The predicted octanol–water partition coefficient (Wildman–Crippen LogP) is 2.83. The van der Waals surface area contributed by atoms with Crippen LogP contribution in [0.4, 0.5) is 0 Å². The number of piperazine rings is 1. The zero-order chi connectivity index (χ0) is 21.4. The van der Waals surface area contributed by atoms with Crippen molar-refractivity contribution in [2.24, 2.45) is 4.99 Å². The number of halogens is 1. The van der Waals surface area contributed by atoms with E-state index in [1.165, 1.54) is 5.56 Å². The smallest absolute Gasteiger partial charge is 0.191 e. The third-order valence-corrected chi connectivity index (χ3v) is 5.64. The molecular formula is C23H42IN5O. The second-order valence-electron chi connectivity index (χ2n) is 9.18. The van der Waals surface area contributed by atoms with Crippen LogP contribution in [0.1, 0.15) is 51.8 Å². The second-order valence-corrected chi connectivity index (χ2v) is 9.18. The monoisotopic (exact) mass is 531 g/mol. The number of rotatable bonds is 7. The molecule has 6 nitrogen and oxygen atoms in total. The van der Waals surface area contributed by atoms with Crippen LogP contribution >= 0.6 is 24.0 Å². The van der Waals surface area contributed by atoms with Crippen LogP contribution in [0, 0.1) is 0 Å². The molecule has 2 unspecified atom stereocenters. The number of guanidine groups is 1. The Morgan fingerprint density at radius 3 is 2.23 bits per heavy atom. The van der Waals surface area contributed by atoms with Gasteiger partial charge in [0.15, 0.2) is 5.96 Å². The Kier molecular flexibility index (Phi) is 11.6. The summed E-state index contributed by atoms with van der Waals surface area (Å²) in [5.41, 5.74) is 2.31. The van der Waals surface area contributed by atoms with E-state index in [-0.39, 0.29) is 29.4 Å². The molecule has 1 heterocycles. The molecular weight excluding hydrogens is 489 g/mol. The molecule has 7 heteroatoms. The van der Waals surface area contributed by atoms with Crippen molar-refractivity contribution in [1.29, 1.82) is 0 Å². The van der Waals surface area contributed by atoms with E-state index in [0.717, 1.165) is 50.8 Å². The van der Waals surface area contributed by atoms with E-state index in [2.05, 4.69) is 74.2 Å². The first-order chi connectivity index (χ1) is 13.7. The lowest BCUT2D eigenvalue weighted by molar-refractivity contribution is 0.122. The number of benzene rings is 1. The summed E-state index contributed by atoms with van der Waals surface area (Å²) in [5.74, 6) is 0.763. The highest BCUT2D eigenvalue weighted by Crippen LogP contribution is 2.23. The molecule has 0 bridgehead atoms. The lowest BCUT2D eigenvalue weighted by atomic mass is 9.86.